The van der Waals surface area contributed by atoms with Crippen molar-refractivity contribution in [2.75, 3.05) is 29.8 Å². The van der Waals surface area contributed by atoms with Gasteiger partial charge in [0, 0.05) is 20.9 Å². The van der Waals surface area contributed by atoms with Crippen LogP contribution >= 0.6 is 20.1 Å². The van der Waals surface area contributed by atoms with Crippen molar-refractivity contribution in [1.82, 2.24) is 0 Å². The summed E-state index contributed by atoms with van der Waals surface area (Å²) < 4.78 is 0. The minimum atomic E-state index is -1.61. The Morgan fingerprint density at radius 3 is 1.04 bits per heavy atom. The molecule has 0 fully saturated rings. The molecule has 0 radical (unpaired) electrons. The van der Waals surface area contributed by atoms with E-state index in [4.69, 9.17) is 0 Å². The van der Waals surface area contributed by atoms with Crippen LogP contribution in [0.25, 0.3) is 44.5 Å². The summed E-state index contributed by atoms with van der Waals surface area (Å²) in [6.07, 6.45) is 10.0. The second kappa shape index (κ2) is 13.5. The van der Waals surface area contributed by atoms with Gasteiger partial charge in [0.15, 0.2) is 0 Å². The summed E-state index contributed by atoms with van der Waals surface area (Å²) in [5.74, 6) is 0. The van der Waals surface area contributed by atoms with Crippen molar-refractivity contribution in [3.63, 3.8) is 0 Å². The highest BCUT2D eigenvalue weighted by atomic mass is 32.3. The van der Waals surface area contributed by atoms with E-state index in [1.54, 1.807) is 0 Å². The molecule has 8 aromatic rings. The molecule has 272 valence electrons. The van der Waals surface area contributed by atoms with E-state index in [0.717, 1.165) is 0 Å². The Hall–Kier alpha value is -5.68. The highest BCUT2D eigenvalue weighted by Gasteiger charge is 2.47. The first-order valence-corrected chi connectivity index (χ1v) is 24.2. The van der Waals surface area contributed by atoms with Crippen LogP contribution in [0.1, 0.15) is 0 Å². The Morgan fingerprint density at radius 1 is 0.321 bits per heavy atom. The second-order valence-electron chi connectivity index (χ2n) is 15.7. The molecule has 0 N–H and O–H groups in total. The second-order valence-corrected chi connectivity index (χ2v) is 22.8. The maximum atomic E-state index is 2.80. The van der Waals surface area contributed by atoms with Crippen molar-refractivity contribution in [2.24, 2.45) is 0 Å². The predicted octanol–water partition coefficient (Wildman–Crippen LogP) is 12.9. The Morgan fingerprint density at radius 2 is 0.643 bits per heavy atom. The Labute approximate surface area is 335 Å². The van der Waals surface area contributed by atoms with Gasteiger partial charge in [0.2, 0.25) is 0 Å². The number of nitrogens with zero attached hydrogens (tertiary/aromatic N) is 1. The van der Waals surface area contributed by atoms with Gasteiger partial charge in [-0.05, 0) is 103 Å². The molecule has 4 heteroatoms. The topological polar surface area (TPSA) is 3.24 Å². The molecule has 56 heavy (non-hydrogen) atoms. The summed E-state index contributed by atoms with van der Waals surface area (Å²) in [5, 5.41) is 0. The molecular formula is C52H44BNS2. The quantitative estimate of drug-likeness (QED) is 0.158. The predicted molar refractivity (Wildman–Crippen MR) is 247 cm³/mol. The minimum absolute atomic E-state index is 0.0500. The number of hydrogen-bond acceptors (Lipinski definition) is 1. The molecule has 0 aliphatic carbocycles. The van der Waals surface area contributed by atoms with Crippen LogP contribution in [0, 0.1) is 0 Å². The molecule has 0 amide bonds. The fourth-order valence-corrected chi connectivity index (χ4v) is 14.2. The van der Waals surface area contributed by atoms with Crippen LogP contribution in [0.15, 0.2) is 214 Å². The lowest BCUT2D eigenvalue weighted by Gasteiger charge is -2.52. The van der Waals surface area contributed by atoms with E-state index < -0.39 is 20.1 Å². The SMILES string of the molecule is CS1(C)c2ccccc2B(N2c3c(-c4ccccc4)cc(-c4ccccc4)cc3S(C)(C)c3cc(-c4ccccc4)cc(-c4ccccc4)c32)c2ccccc21. The molecular weight excluding hydrogens is 714 g/mol. The zero-order valence-electron chi connectivity index (χ0n) is 32.3. The summed E-state index contributed by atoms with van der Waals surface area (Å²) in [6.45, 7) is -0.0500. The van der Waals surface area contributed by atoms with Crippen LogP contribution in [0.2, 0.25) is 0 Å². The van der Waals surface area contributed by atoms with Gasteiger partial charge in [0.05, 0.1) is 11.4 Å². The van der Waals surface area contributed by atoms with Gasteiger partial charge >= 0.3 is 6.85 Å². The summed E-state index contributed by atoms with van der Waals surface area (Å²) in [4.78, 5) is 8.56. The third-order valence-corrected chi connectivity index (χ3v) is 17.7. The Balaban J connectivity index is 1.40. The zero-order valence-corrected chi connectivity index (χ0v) is 33.9. The maximum Gasteiger partial charge on any atom is 0.330 e. The molecule has 0 unspecified atom stereocenters. The van der Waals surface area contributed by atoms with Gasteiger partial charge in [-0.15, -0.1) is 0 Å². The molecule has 2 heterocycles. The standard InChI is InChI=1S/C52H44BNS2/c1-55(2)47-31-19-17-29-45(47)53(46-30-18-20-32-48(46)55)54-51-43(39-25-13-7-14-26-39)33-41(37-21-9-5-10-22-37)35-49(51)56(3,4)50-36-42(38-23-11-6-12-24-38)34-44(52(50)54)40-27-15-8-16-28-40/h5-36H,1-4H3. The number of fused-ring (bicyclic) bond motifs is 4. The van der Waals surface area contributed by atoms with Gasteiger partial charge in [-0.3, -0.25) is 0 Å². The van der Waals surface area contributed by atoms with Crippen molar-refractivity contribution >= 4 is 49.2 Å². The number of rotatable bonds is 5. The van der Waals surface area contributed by atoms with Crippen LogP contribution in [-0.4, -0.2) is 31.9 Å². The lowest BCUT2D eigenvalue weighted by Crippen LogP contribution is -2.60. The number of anilines is 2. The first-order chi connectivity index (χ1) is 27.3. The first-order valence-electron chi connectivity index (χ1n) is 19.3. The van der Waals surface area contributed by atoms with Crippen LogP contribution in [0.5, 0.6) is 0 Å². The monoisotopic (exact) mass is 757 g/mol. The van der Waals surface area contributed by atoms with Crippen LogP contribution in [0.3, 0.4) is 0 Å². The molecule has 10 rings (SSSR count). The summed E-state index contributed by atoms with van der Waals surface area (Å²) in [7, 11) is -2.89. The Kier molecular flexibility index (Phi) is 8.40. The van der Waals surface area contributed by atoms with Crippen molar-refractivity contribution < 1.29 is 0 Å². The van der Waals surface area contributed by atoms with Gasteiger partial charge in [-0.2, -0.15) is 20.1 Å². The van der Waals surface area contributed by atoms with E-state index in [0.29, 0.717) is 0 Å². The maximum absolute atomic E-state index is 2.80. The summed E-state index contributed by atoms with van der Waals surface area (Å²) >= 11 is 0. The van der Waals surface area contributed by atoms with Gasteiger partial charge in [0.1, 0.15) is 0 Å². The molecule has 2 aliphatic heterocycles. The van der Waals surface area contributed by atoms with E-state index in [9.17, 15) is 0 Å². The van der Waals surface area contributed by atoms with E-state index >= 15 is 0 Å². The summed E-state index contributed by atoms with van der Waals surface area (Å²) in [5.41, 5.74) is 15.4. The van der Waals surface area contributed by atoms with E-state index in [1.807, 2.05) is 0 Å². The lowest BCUT2D eigenvalue weighted by molar-refractivity contribution is 1.19. The average molecular weight is 758 g/mol. The van der Waals surface area contributed by atoms with E-state index in [1.165, 1.54) is 86.4 Å². The smallest absolute Gasteiger partial charge is 0.330 e. The fourth-order valence-electron chi connectivity index (χ4n) is 9.16. The molecule has 0 atom stereocenters. The molecule has 0 bridgehead atoms. The largest absolute Gasteiger partial charge is 0.374 e. The molecule has 0 saturated carbocycles. The molecule has 0 spiro atoms. The van der Waals surface area contributed by atoms with E-state index in [2.05, 4.69) is 224 Å². The molecule has 1 nitrogen and oxygen atoms in total. The van der Waals surface area contributed by atoms with Gasteiger partial charge in [0.25, 0.3) is 0 Å². The number of benzene rings is 8. The van der Waals surface area contributed by atoms with Crippen LogP contribution in [-0.2, 0) is 0 Å². The van der Waals surface area contributed by atoms with Gasteiger partial charge < -0.3 is 4.81 Å². The molecule has 2 aliphatic rings. The van der Waals surface area contributed by atoms with Crippen molar-refractivity contribution in [3.05, 3.63) is 194 Å². The van der Waals surface area contributed by atoms with Gasteiger partial charge in [-0.25, -0.2) is 0 Å². The minimum Gasteiger partial charge on any atom is -0.374 e. The third kappa shape index (κ3) is 5.50. The normalized spacial score (nSPS) is 15.8. The Bertz CT molecular complexity index is 2560. The average Bonchev–Trinajstić information content (AvgIpc) is 3.25. The lowest BCUT2D eigenvalue weighted by atomic mass is 9.48. The van der Waals surface area contributed by atoms with Crippen LogP contribution < -0.4 is 15.7 Å². The number of hydrogen-bond donors (Lipinski definition) is 0. The van der Waals surface area contributed by atoms with Crippen molar-refractivity contribution in [1.29, 1.82) is 0 Å². The van der Waals surface area contributed by atoms with Crippen molar-refractivity contribution in [3.8, 4) is 44.5 Å². The highest BCUT2D eigenvalue weighted by molar-refractivity contribution is 8.33. The van der Waals surface area contributed by atoms with Crippen molar-refractivity contribution in [2.45, 2.75) is 19.6 Å². The summed E-state index contributed by atoms with van der Waals surface area (Å²) in [6, 6.07) is 72.8. The van der Waals surface area contributed by atoms with E-state index in [-0.39, 0.29) is 6.85 Å². The first kappa shape index (κ1) is 34.8. The third-order valence-electron chi connectivity index (χ3n) is 11.9. The molecule has 0 aromatic heterocycles. The fraction of sp³-hybridized carbons (Fsp3) is 0.0769. The highest BCUT2D eigenvalue weighted by Crippen LogP contribution is 2.70. The van der Waals surface area contributed by atoms with Gasteiger partial charge in [-0.1, -0.05) is 170 Å². The molecule has 0 saturated heterocycles. The molecule has 8 aromatic carbocycles. The zero-order chi connectivity index (χ0) is 38.0. The van der Waals surface area contributed by atoms with Crippen LogP contribution in [0.4, 0.5) is 11.4 Å².